The average Bonchev–Trinajstić information content (AvgIpc) is 2.35. The highest BCUT2D eigenvalue weighted by atomic mass is 127. The lowest BCUT2D eigenvalue weighted by Gasteiger charge is -2.20. The van der Waals surface area contributed by atoms with Crippen LogP contribution in [0.5, 0.6) is 0 Å². The maximum Gasteiger partial charge on any atom is 0.251 e. The zero-order valence-electron chi connectivity index (χ0n) is 11.4. The zero-order chi connectivity index (χ0) is 13.7. The number of hydrogen-bond acceptors (Lipinski definition) is 2. The molecule has 100 valence electrons. The molecule has 0 saturated heterocycles. The van der Waals surface area contributed by atoms with Crippen LogP contribution in [0, 0.1) is 5.92 Å². The minimum atomic E-state index is 0.00988. The second-order valence-electron chi connectivity index (χ2n) is 4.92. The first-order valence-electron chi connectivity index (χ1n) is 6.10. The predicted octanol–water partition coefficient (Wildman–Crippen LogP) is 2.94. The van der Waals surface area contributed by atoms with Crippen LogP contribution in [0.25, 0.3) is 0 Å². The highest BCUT2D eigenvalue weighted by Crippen LogP contribution is 2.13. The zero-order valence-corrected chi connectivity index (χ0v) is 13.6. The van der Waals surface area contributed by atoms with E-state index in [4.69, 9.17) is 0 Å². The van der Waals surface area contributed by atoms with Crippen molar-refractivity contribution < 1.29 is 4.79 Å². The Morgan fingerprint density at radius 1 is 1.28 bits per heavy atom. The van der Waals surface area contributed by atoms with Crippen molar-refractivity contribution >= 4 is 34.2 Å². The van der Waals surface area contributed by atoms with Crippen LogP contribution in [-0.2, 0) is 0 Å². The Balaban J connectivity index is 2.72. The van der Waals surface area contributed by atoms with E-state index in [1.54, 1.807) is 0 Å². The van der Waals surface area contributed by atoms with Gasteiger partial charge < -0.3 is 10.2 Å². The highest BCUT2D eigenvalue weighted by molar-refractivity contribution is 14.1. The number of amides is 1. The van der Waals surface area contributed by atoms with Gasteiger partial charge in [0.05, 0.1) is 0 Å². The summed E-state index contributed by atoms with van der Waals surface area (Å²) < 4.78 is 0.928. The summed E-state index contributed by atoms with van der Waals surface area (Å²) in [5.74, 6) is 0.461. The molecule has 0 aliphatic carbocycles. The molecule has 0 bridgehead atoms. The lowest BCUT2D eigenvalue weighted by atomic mass is 10.1. The first-order chi connectivity index (χ1) is 8.45. The van der Waals surface area contributed by atoms with Crippen molar-refractivity contribution in [2.45, 2.75) is 19.9 Å². The molecule has 1 aromatic rings. The molecule has 18 heavy (non-hydrogen) atoms. The molecule has 1 atom stereocenters. The summed E-state index contributed by atoms with van der Waals surface area (Å²) in [5, 5.41) is 3.07. The van der Waals surface area contributed by atoms with Crippen LogP contribution in [-0.4, -0.2) is 30.5 Å². The Morgan fingerprint density at radius 2 is 1.83 bits per heavy atom. The Kier molecular flexibility index (Phi) is 5.91. The summed E-state index contributed by atoms with van der Waals surface area (Å²) >= 11 is 2.31. The molecule has 1 aromatic carbocycles. The van der Waals surface area contributed by atoms with Gasteiger partial charge in [0.15, 0.2) is 0 Å². The van der Waals surface area contributed by atoms with Gasteiger partial charge in [-0.15, -0.1) is 0 Å². The lowest BCUT2D eigenvalue weighted by Crippen LogP contribution is -2.39. The monoisotopic (exact) mass is 360 g/mol. The van der Waals surface area contributed by atoms with Gasteiger partial charge in [0.1, 0.15) is 0 Å². The predicted molar refractivity (Wildman–Crippen MR) is 85.7 cm³/mol. The van der Waals surface area contributed by atoms with E-state index in [1.165, 1.54) is 0 Å². The van der Waals surface area contributed by atoms with E-state index in [9.17, 15) is 4.79 Å². The van der Waals surface area contributed by atoms with E-state index in [1.807, 2.05) is 43.3 Å². The van der Waals surface area contributed by atoms with Gasteiger partial charge in [-0.1, -0.05) is 36.4 Å². The molecule has 0 aromatic heterocycles. The minimum Gasteiger partial charge on any atom is -0.378 e. The van der Waals surface area contributed by atoms with Gasteiger partial charge >= 0.3 is 0 Å². The number of alkyl halides is 1. The van der Waals surface area contributed by atoms with Crippen LogP contribution in [0.2, 0.25) is 0 Å². The molecule has 1 rings (SSSR count). The number of hydrogen-bond donors (Lipinski definition) is 1. The molecule has 0 radical (unpaired) electrons. The van der Waals surface area contributed by atoms with Gasteiger partial charge in [0.25, 0.3) is 5.91 Å². The summed E-state index contributed by atoms with van der Waals surface area (Å²) in [4.78, 5) is 14.1. The van der Waals surface area contributed by atoms with E-state index >= 15 is 0 Å². The van der Waals surface area contributed by atoms with Crippen LogP contribution in [0.15, 0.2) is 24.3 Å². The average molecular weight is 360 g/mol. The van der Waals surface area contributed by atoms with Crippen LogP contribution in [0.4, 0.5) is 5.69 Å². The van der Waals surface area contributed by atoms with Crippen molar-refractivity contribution in [3.8, 4) is 0 Å². The number of nitrogens with zero attached hydrogens (tertiary/aromatic N) is 1. The Labute approximate surface area is 123 Å². The largest absolute Gasteiger partial charge is 0.378 e. The fourth-order valence-electron chi connectivity index (χ4n) is 1.55. The normalized spacial score (nSPS) is 12.3. The second kappa shape index (κ2) is 6.97. The third-order valence-electron chi connectivity index (χ3n) is 2.93. The van der Waals surface area contributed by atoms with Crippen LogP contribution >= 0.6 is 22.6 Å². The molecule has 4 heteroatoms. The molecule has 0 heterocycles. The minimum absolute atomic E-state index is 0.00988. The first-order valence-corrected chi connectivity index (χ1v) is 7.62. The molecule has 1 unspecified atom stereocenters. The molecule has 3 nitrogen and oxygen atoms in total. The van der Waals surface area contributed by atoms with Gasteiger partial charge in [-0.2, -0.15) is 0 Å². The Hall–Kier alpha value is -0.780. The maximum absolute atomic E-state index is 12.1. The first kappa shape index (κ1) is 15.3. The lowest BCUT2D eigenvalue weighted by molar-refractivity contribution is 0.0932. The number of carbonyl (C=O) groups is 1. The third-order valence-corrected chi connectivity index (χ3v) is 3.88. The van der Waals surface area contributed by atoms with E-state index in [0.29, 0.717) is 5.92 Å². The van der Waals surface area contributed by atoms with Crippen LogP contribution in [0.3, 0.4) is 0 Å². The van der Waals surface area contributed by atoms with Crippen LogP contribution in [0.1, 0.15) is 24.2 Å². The quantitative estimate of drug-likeness (QED) is 0.647. The molecule has 0 saturated carbocycles. The molecular formula is C14H21IN2O. The SMILES string of the molecule is CC(C)C(CI)NC(=O)c1ccc(N(C)C)cc1. The fourth-order valence-corrected chi connectivity index (χ4v) is 2.78. The second-order valence-corrected chi connectivity index (χ2v) is 5.80. The van der Waals surface area contributed by atoms with E-state index in [-0.39, 0.29) is 11.9 Å². The summed E-state index contributed by atoms with van der Waals surface area (Å²) in [6.07, 6.45) is 0. The van der Waals surface area contributed by atoms with Gasteiger partial charge in [-0.25, -0.2) is 0 Å². The van der Waals surface area contributed by atoms with Gasteiger partial charge in [0, 0.05) is 35.8 Å². The summed E-state index contributed by atoms with van der Waals surface area (Å²) in [6.45, 7) is 4.25. The van der Waals surface area contributed by atoms with Crippen molar-refractivity contribution in [2.75, 3.05) is 23.4 Å². The molecule has 1 amide bonds. The van der Waals surface area contributed by atoms with Crippen molar-refractivity contribution in [3.63, 3.8) is 0 Å². The van der Waals surface area contributed by atoms with E-state index in [2.05, 4.69) is 41.8 Å². The maximum atomic E-state index is 12.1. The van der Waals surface area contributed by atoms with Crippen molar-refractivity contribution in [1.29, 1.82) is 0 Å². The molecule has 1 N–H and O–H groups in total. The molecular weight excluding hydrogens is 339 g/mol. The number of anilines is 1. The topological polar surface area (TPSA) is 32.3 Å². The summed E-state index contributed by atoms with van der Waals surface area (Å²) in [7, 11) is 3.97. The Morgan fingerprint density at radius 3 is 2.22 bits per heavy atom. The van der Waals surface area contributed by atoms with Crippen molar-refractivity contribution in [1.82, 2.24) is 5.32 Å². The van der Waals surface area contributed by atoms with Crippen molar-refractivity contribution in [2.24, 2.45) is 5.92 Å². The van der Waals surface area contributed by atoms with Crippen LogP contribution < -0.4 is 10.2 Å². The van der Waals surface area contributed by atoms with Crippen molar-refractivity contribution in [3.05, 3.63) is 29.8 Å². The summed E-state index contributed by atoms with van der Waals surface area (Å²) in [6, 6.07) is 7.89. The van der Waals surface area contributed by atoms with E-state index in [0.717, 1.165) is 15.7 Å². The number of carbonyl (C=O) groups excluding carboxylic acids is 1. The van der Waals surface area contributed by atoms with Gasteiger partial charge in [-0.05, 0) is 30.2 Å². The van der Waals surface area contributed by atoms with Gasteiger partial charge in [0.2, 0.25) is 0 Å². The smallest absolute Gasteiger partial charge is 0.251 e. The number of rotatable bonds is 5. The highest BCUT2D eigenvalue weighted by Gasteiger charge is 2.15. The molecule has 0 aliphatic rings. The van der Waals surface area contributed by atoms with E-state index < -0.39 is 0 Å². The number of benzene rings is 1. The molecule has 0 fully saturated rings. The third kappa shape index (κ3) is 4.15. The Bertz CT molecular complexity index is 387. The molecule has 0 aliphatic heterocycles. The number of nitrogens with one attached hydrogen (secondary N) is 1. The number of halogens is 1. The fraction of sp³-hybridized carbons (Fsp3) is 0.500. The molecule has 0 spiro atoms. The standard InChI is InChI=1S/C14H21IN2O/c1-10(2)13(9-15)16-14(18)11-5-7-12(8-6-11)17(3)4/h5-8,10,13H,9H2,1-4H3,(H,16,18). The summed E-state index contributed by atoms with van der Waals surface area (Å²) in [5.41, 5.74) is 1.82. The van der Waals surface area contributed by atoms with Gasteiger partial charge in [-0.3, -0.25) is 4.79 Å².